The van der Waals surface area contributed by atoms with E-state index in [4.69, 9.17) is 0 Å². The van der Waals surface area contributed by atoms with Crippen LogP contribution in [-0.2, 0) is 27.5 Å². The van der Waals surface area contributed by atoms with E-state index in [1.54, 1.807) is 30.3 Å². The van der Waals surface area contributed by atoms with Crippen LogP contribution in [0.3, 0.4) is 0 Å². The molecule has 0 unspecified atom stereocenters. The van der Waals surface area contributed by atoms with Crippen LogP contribution in [0.25, 0.3) is 0 Å². The summed E-state index contributed by atoms with van der Waals surface area (Å²) in [5.41, 5.74) is 0.0220. The predicted molar refractivity (Wildman–Crippen MR) is 91.8 cm³/mol. The minimum atomic E-state index is -4.47. The number of hydrogen-bond donors (Lipinski definition) is 1. The Hall–Kier alpha value is -2.39. The third-order valence-corrected chi connectivity index (χ3v) is 4.68. The van der Waals surface area contributed by atoms with Gasteiger partial charge in [0.15, 0.2) is 0 Å². The van der Waals surface area contributed by atoms with Crippen molar-refractivity contribution in [1.29, 1.82) is 0 Å². The zero-order valence-corrected chi connectivity index (χ0v) is 14.6. The van der Waals surface area contributed by atoms with Gasteiger partial charge < -0.3 is 5.32 Å². The van der Waals surface area contributed by atoms with Gasteiger partial charge in [-0.2, -0.15) is 17.5 Å². The summed E-state index contributed by atoms with van der Waals surface area (Å²) in [6.45, 7) is -0.436. The molecule has 0 saturated carbocycles. The SMILES string of the molecule is CS(=O)(=O)N(CC(=O)Nc1ccc(C(F)(F)F)cc1)Cc1ccccc1. The zero-order valence-electron chi connectivity index (χ0n) is 13.8. The van der Waals surface area contributed by atoms with E-state index in [-0.39, 0.29) is 12.2 Å². The molecule has 0 atom stereocenters. The maximum Gasteiger partial charge on any atom is 0.416 e. The average Bonchev–Trinajstić information content (AvgIpc) is 2.54. The van der Waals surface area contributed by atoms with E-state index in [9.17, 15) is 26.4 Å². The highest BCUT2D eigenvalue weighted by Crippen LogP contribution is 2.29. The third kappa shape index (κ3) is 5.85. The van der Waals surface area contributed by atoms with E-state index < -0.39 is 34.2 Å². The summed E-state index contributed by atoms with van der Waals surface area (Å²) in [5.74, 6) is -0.647. The minimum absolute atomic E-state index is 0.0140. The molecule has 0 aromatic heterocycles. The molecule has 2 aromatic carbocycles. The van der Waals surface area contributed by atoms with Gasteiger partial charge in [-0.25, -0.2) is 8.42 Å². The van der Waals surface area contributed by atoms with E-state index in [1.807, 2.05) is 0 Å². The van der Waals surface area contributed by atoms with Crippen molar-refractivity contribution in [2.45, 2.75) is 12.7 Å². The zero-order chi connectivity index (χ0) is 19.4. The third-order valence-electron chi connectivity index (χ3n) is 3.49. The van der Waals surface area contributed by atoms with E-state index in [1.165, 1.54) is 0 Å². The van der Waals surface area contributed by atoms with Crippen LogP contribution in [0.4, 0.5) is 18.9 Å². The molecule has 9 heteroatoms. The van der Waals surface area contributed by atoms with Gasteiger partial charge in [0.05, 0.1) is 18.4 Å². The van der Waals surface area contributed by atoms with Crippen LogP contribution >= 0.6 is 0 Å². The highest BCUT2D eigenvalue weighted by Gasteiger charge is 2.30. The van der Waals surface area contributed by atoms with Gasteiger partial charge in [0.2, 0.25) is 15.9 Å². The second-order valence-corrected chi connectivity index (χ2v) is 7.62. The van der Waals surface area contributed by atoms with Crippen LogP contribution in [0.15, 0.2) is 54.6 Å². The van der Waals surface area contributed by atoms with E-state index in [2.05, 4.69) is 5.32 Å². The highest BCUT2D eigenvalue weighted by molar-refractivity contribution is 7.88. The quantitative estimate of drug-likeness (QED) is 0.830. The lowest BCUT2D eigenvalue weighted by atomic mass is 10.2. The van der Waals surface area contributed by atoms with Crippen LogP contribution in [0.1, 0.15) is 11.1 Å². The Morgan fingerprint density at radius 3 is 2.12 bits per heavy atom. The fourth-order valence-electron chi connectivity index (χ4n) is 2.18. The molecule has 140 valence electrons. The Labute approximate surface area is 149 Å². The summed E-state index contributed by atoms with van der Waals surface area (Å²) in [5, 5.41) is 2.40. The lowest BCUT2D eigenvalue weighted by Crippen LogP contribution is -2.36. The van der Waals surface area contributed by atoms with Crippen molar-refractivity contribution in [3.8, 4) is 0 Å². The van der Waals surface area contributed by atoms with Crippen molar-refractivity contribution < 1.29 is 26.4 Å². The number of halogens is 3. The topological polar surface area (TPSA) is 66.5 Å². The maximum atomic E-state index is 12.5. The lowest BCUT2D eigenvalue weighted by molar-refractivity contribution is -0.137. The predicted octanol–water partition coefficient (Wildman–Crippen LogP) is 3.11. The Kier molecular flexibility index (Phi) is 6.04. The van der Waals surface area contributed by atoms with Crippen molar-refractivity contribution in [3.05, 3.63) is 65.7 Å². The molecule has 0 aliphatic carbocycles. The molecule has 0 aliphatic heterocycles. The number of rotatable bonds is 6. The lowest BCUT2D eigenvalue weighted by Gasteiger charge is -2.19. The molecular formula is C17H17F3N2O3S. The molecule has 0 heterocycles. The molecule has 2 rings (SSSR count). The Morgan fingerprint density at radius 2 is 1.62 bits per heavy atom. The van der Waals surface area contributed by atoms with Gasteiger partial charge in [-0.3, -0.25) is 4.79 Å². The first-order valence-electron chi connectivity index (χ1n) is 7.52. The summed E-state index contributed by atoms with van der Waals surface area (Å²) in [4.78, 5) is 12.1. The number of carbonyl (C=O) groups is 1. The highest BCUT2D eigenvalue weighted by atomic mass is 32.2. The number of nitrogens with one attached hydrogen (secondary N) is 1. The van der Waals surface area contributed by atoms with Gasteiger partial charge in [0.1, 0.15) is 0 Å². The van der Waals surface area contributed by atoms with Gasteiger partial charge in [-0.05, 0) is 29.8 Å². The van der Waals surface area contributed by atoms with Gasteiger partial charge in [-0.15, -0.1) is 0 Å². The number of carbonyl (C=O) groups excluding carboxylic acids is 1. The maximum absolute atomic E-state index is 12.5. The van der Waals surface area contributed by atoms with Crippen LogP contribution in [-0.4, -0.2) is 31.4 Å². The Bertz CT molecular complexity index is 851. The molecule has 0 fully saturated rings. The molecule has 26 heavy (non-hydrogen) atoms. The first kappa shape index (κ1) is 19.9. The number of anilines is 1. The van der Waals surface area contributed by atoms with Crippen molar-refractivity contribution in [1.82, 2.24) is 4.31 Å². The molecular weight excluding hydrogens is 369 g/mol. The number of hydrogen-bond acceptors (Lipinski definition) is 3. The number of amides is 1. The van der Waals surface area contributed by atoms with Crippen molar-refractivity contribution in [3.63, 3.8) is 0 Å². The Morgan fingerprint density at radius 1 is 1.04 bits per heavy atom. The van der Waals surface area contributed by atoms with E-state index >= 15 is 0 Å². The fraction of sp³-hybridized carbons (Fsp3) is 0.235. The molecule has 0 bridgehead atoms. The largest absolute Gasteiger partial charge is 0.416 e. The number of nitrogens with zero attached hydrogens (tertiary/aromatic N) is 1. The summed E-state index contributed by atoms with van der Waals surface area (Å²) in [6.07, 6.45) is -3.48. The van der Waals surface area contributed by atoms with Crippen LogP contribution in [0.2, 0.25) is 0 Å². The molecule has 2 aromatic rings. The molecule has 0 spiro atoms. The second kappa shape index (κ2) is 7.88. The number of benzene rings is 2. The summed E-state index contributed by atoms with van der Waals surface area (Å²) in [7, 11) is -3.65. The van der Waals surface area contributed by atoms with Gasteiger partial charge in [0, 0.05) is 12.2 Å². The van der Waals surface area contributed by atoms with Crippen LogP contribution < -0.4 is 5.32 Å². The fourth-order valence-corrected chi connectivity index (χ4v) is 2.92. The molecule has 1 N–H and O–H groups in total. The molecule has 5 nitrogen and oxygen atoms in total. The van der Waals surface area contributed by atoms with Crippen molar-refractivity contribution >= 4 is 21.6 Å². The first-order valence-corrected chi connectivity index (χ1v) is 9.37. The minimum Gasteiger partial charge on any atom is -0.325 e. The summed E-state index contributed by atoms with van der Waals surface area (Å²) in [6, 6.07) is 12.6. The number of sulfonamides is 1. The molecule has 0 radical (unpaired) electrons. The summed E-state index contributed by atoms with van der Waals surface area (Å²) >= 11 is 0. The summed E-state index contributed by atoms with van der Waals surface area (Å²) < 4.78 is 62.4. The second-order valence-electron chi connectivity index (χ2n) is 5.64. The van der Waals surface area contributed by atoms with E-state index in [0.29, 0.717) is 5.56 Å². The molecule has 1 amide bonds. The first-order chi connectivity index (χ1) is 12.1. The van der Waals surface area contributed by atoms with Crippen molar-refractivity contribution in [2.75, 3.05) is 18.1 Å². The normalized spacial score (nSPS) is 12.2. The van der Waals surface area contributed by atoms with E-state index in [0.717, 1.165) is 34.8 Å². The average molecular weight is 386 g/mol. The van der Waals surface area contributed by atoms with Gasteiger partial charge >= 0.3 is 6.18 Å². The van der Waals surface area contributed by atoms with Crippen LogP contribution in [0.5, 0.6) is 0 Å². The monoisotopic (exact) mass is 386 g/mol. The Balaban J connectivity index is 2.05. The van der Waals surface area contributed by atoms with Gasteiger partial charge in [0.25, 0.3) is 0 Å². The smallest absolute Gasteiger partial charge is 0.325 e. The standard InChI is InChI=1S/C17H17F3N2O3S/c1-26(24,25)22(11-13-5-3-2-4-6-13)12-16(23)21-15-9-7-14(8-10-15)17(18,19)20/h2-10H,11-12H2,1H3,(H,21,23). The molecule has 0 saturated heterocycles. The van der Waals surface area contributed by atoms with Gasteiger partial charge in [-0.1, -0.05) is 30.3 Å². The van der Waals surface area contributed by atoms with Crippen LogP contribution in [0, 0.1) is 0 Å². The molecule has 0 aliphatic rings. The van der Waals surface area contributed by atoms with Crippen molar-refractivity contribution in [2.24, 2.45) is 0 Å². The number of alkyl halides is 3.